The highest BCUT2D eigenvalue weighted by Gasteiger charge is 2.45. The molecule has 0 bridgehead atoms. The van der Waals surface area contributed by atoms with Crippen LogP contribution in [0.1, 0.15) is 36.0 Å². The van der Waals surface area contributed by atoms with Crippen LogP contribution in [0.15, 0.2) is 30.7 Å². The number of carbonyl (C=O) groups excluding carboxylic acids is 1. The molecule has 0 spiro atoms. The summed E-state index contributed by atoms with van der Waals surface area (Å²) < 4.78 is 8.27. The fourth-order valence-corrected chi connectivity index (χ4v) is 5.05. The Morgan fingerprint density at radius 3 is 2.75 bits per heavy atom. The van der Waals surface area contributed by atoms with Crippen LogP contribution in [-0.2, 0) is 4.74 Å². The highest BCUT2D eigenvalue weighted by Crippen LogP contribution is 2.40. The summed E-state index contributed by atoms with van der Waals surface area (Å²) >= 11 is 0. The van der Waals surface area contributed by atoms with Gasteiger partial charge in [0.05, 0.1) is 11.7 Å². The van der Waals surface area contributed by atoms with Gasteiger partial charge in [0.1, 0.15) is 5.65 Å². The molecule has 4 atom stereocenters. The largest absolute Gasteiger partial charge is 0.376 e. The van der Waals surface area contributed by atoms with Crippen LogP contribution < -0.4 is 0 Å². The number of hydrogen-bond donors (Lipinski definition) is 0. The molecule has 3 heterocycles. The molecular formula is C22H30N4O2. The van der Waals surface area contributed by atoms with Gasteiger partial charge in [-0.05, 0) is 69.7 Å². The van der Waals surface area contributed by atoms with Crippen molar-refractivity contribution in [3.63, 3.8) is 0 Å². The maximum absolute atomic E-state index is 13.1. The summed E-state index contributed by atoms with van der Waals surface area (Å²) in [6.07, 6.45) is 10.7. The Morgan fingerprint density at radius 2 is 2.00 bits per heavy atom. The van der Waals surface area contributed by atoms with E-state index in [0.717, 1.165) is 49.7 Å². The SMILES string of the molecule is CN(C)[C@@H]1C[C@@H]2CN(C(=O)c3ccc4nccn4c3)C[C@@H]2C[C@H]1OCC1CC1. The van der Waals surface area contributed by atoms with Crippen molar-refractivity contribution in [1.82, 2.24) is 19.2 Å². The minimum atomic E-state index is 0.141. The van der Waals surface area contributed by atoms with Crippen LogP contribution in [0.2, 0.25) is 0 Å². The number of likely N-dealkylation sites (tertiary alicyclic amines) is 1. The zero-order chi connectivity index (χ0) is 19.3. The van der Waals surface area contributed by atoms with Crippen molar-refractivity contribution < 1.29 is 9.53 Å². The van der Waals surface area contributed by atoms with E-state index in [-0.39, 0.29) is 5.91 Å². The monoisotopic (exact) mass is 382 g/mol. The summed E-state index contributed by atoms with van der Waals surface area (Å²) in [4.78, 5) is 21.8. The third-order valence-corrected chi connectivity index (χ3v) is 6.91. The number of ether oxygens (including phenoxy) is 1. The minimum absolute atomic E-state index is 0.141. The molecule has 150 valence electrons. The minimum Gasteiger partial charge on any atom is -0.376 e. The van der Waals surface area contributed by atoms with Gasteiger partial charge < -0.3 is 18.9 Å². The molecule has 2 aromatic heterocycles. The molecule has 5 rings (SSSR count). The first-order chi connectivity index (χ1) is 13.6. The smallest absolute Gasteiger partial charge is 0.255 e. The molecule has 0 N–H and O–H groups in total. The molecule has 28 heavy (non-hydrogen) atoms. The van der Waals surface area contributed by atoms with Crippen molar-refractivity contribution in [2.24, 2.45) is 17.8 Å². The number of fused-ring (bicyclic) bond motifs is 2. The Kier molecular flexibility index (Phi) is 4.63. The van der Waals surface area contributed by atoms with Crippen molar-refractivity contribution in [2.45, 2.75) is 37.8 Å². The summed E-state index contributed by atoms with van der Waals surface area (Å²) in [5.41, 5.74) is 1.62. The molecule has 3 fully saturated rings. The van der Waals surface area contributed by atoms with E-state index in [1.54, 1.807) is 6.20 Å². The van der Waals surface area contributed by atoms with Gasteiger partial charge in [0.25, 0.3) is 5.91 Å². The summed E-state index contributed by atoms with van der Waals surface area (Å²) in [5, 5.41) is 0. The van der Waals surface area contributed by atoms with Crippen molar-refractivity contribution in [3.8, 4) is 0 Å². The lowest BCUT2D eigenvalue weighted by Crippen LogP contribution is -2.48. The summed E-state index contributed by atoms with van der Waals surface area (Å²) in [6.45, 7) is 2.64. The Bertz CT molecular complexity index is 859. The number of imidazole rings is 1. The molecule has 0 aromatic carbocycles. The lowest BCUT2D eigenvalue weighted by molar-refractivity contribution is -0.0493. The third-order valence-electron chi connectivity index (χ3n) is 6.91. The van der Waals surface area contributed by atoms with Crippen LogP contribution in [0, 0.1) is 17.8 Å². The zero-order valence-electron chi connectivity index (χ0n) is 16.8. The van der Waals surface area contributed by atoms with Crippen LogP contribution in [-0.4, -0.2) is 71.0 Å². The first-order valence-corrected chi connectivity index (χ1v) is 10.6. The summed E-state index contributed by atoms with van der Waals surface area (Å²) in [5.74, 6) is 2.07. The van der Waals surface area contributed by atoms with Gasteiger partial charge in [-0.15, -0.1) is 0 Å². The van der Waals surface area contributed by atoms with Gasteiger partial charge in [0, 0.05) is 44.3 Å². The van der Waals surface area contributed by atoms with E-state index in [4.69, 9.17) is 4.74 Å². The van der Waals surface area contributed by atoms with E-state index in [2.05, 4.69) is 28.9 Å². The number of hydrogen-bond acceptors (Lipinski definition) is 4. The molecular weight excluding hydrogens is 352 g/mol. The van der Waals surface area contributed by atoms with E-state index < -0.39 is 0 Å². The highest BCUT2D eigenvalue weighted by atomic mass is 16.5. The maximum atomic E-state index is 13.1. The van der Waals surface area contributed by atoms with E-state index >= 15 is 0 Å². The third kappa shape index (κ3) is 3.44. The van der Waals surface area contributed by atoms with Crippen LogP contribution >= 0.6 is 0 Å². The van der Waals surface area contributed by atoms with Gasteiger partial charge in [-0.3, -0.25) is 4.79 Å². The average molecular weight is 383 g/mol. The number of nitrogens with zero attached hydrogens (tertiary/aromatic N) is 4. The molecule has 2 saturated carbocycles. The van der Waals surface area contributed by atoms with E-state index in [0.29, 0.717) is 24.0 Å². The van der Waals surface area contributed by atoms with E-state index in [1.165, 1.54) is 12.8 Å². The van der Waals surface area contributed by atoms with Crippen LogP contribution in [0.25, 0.3) is 5.65 Å². The lowest BCUT2D eigenvalue weighted by Gasteiger charge is -2.41. The topological polar surface area (TPSA) is 50.1 Å². The first kappa shape index (κ1) is 18.1. The second-order valence-electron chi connectivity index (χ2n) is 9.16. The number of aromatic nitrogens is 2. The van der Waals surface area contributed by atoms with Crippen molar-refractivity contribution in [3.05, 3.63) is 36.3 Å². The van der Waals surface area contributed by atoms with E-state index in [9.17, 15) is 4.79 Å². The zero-order valence-corrected chi connectivity index (χ0v) is 16.8. The fourth-order valence-electron chi connectivity index (χ4n) is 5.05. The van der Waals surface area contributed by atoms with Crippen molar-refractivity contribution >= 4 is 11.6 Å². The van der Waals surface area contributed by atoms with Gasteiger partial charge in [-0.2, -0.15) is 0 Å². The molecule has 2 aromatic rings. The Hall–Kier alpha value is -1.92. The molecule has 1 aliphatic heterocycles. The number of rotatable bonds is 5. The standard InChI is InChI=1S/C22H30N4O2/c1-24(2)19-9-17-12-26(13-18(17)10-20(19)28-14-15-3-4-15)22(27)16-5-6-21-23-7-8-25(21)11-16/h5-8,11,15,17-20H,3-4,9-10,12-14H2,1-2H3/t17-,18+,19-,20-/m1/s1. The van der Waals surface area contributed by atoms with Crippen LogP contribution in [0.3, 0.4) is 0 Å². The van der Waals surface area contributed by atoms with Crippen molar-refractivity contribution in [2.75, 3.05) is 33.8 Å². The van der Waals surface area contributed by atoms with Gasteiger partial charge in [0.2, 0.25) is 0 Å². The average Bonchev–Trinajstić information content (AvgIpc) is 3.24. The van der Waals surface area contributed by atoms with Crippen LogP contribution in [0.5, 0.6) is 0 Å². The second kappa shape index (κ2) is 7.16. The molecule has 3 aliphatic rings. The number of pyridine rings is 1. The van der Waals surface area contributed by atoms with Crippen molar-refractivity contribution in [1.29, 1.82) is 0 Å². The molecule has 1 saturated heterocycles. The fraction of sp³-hybridized carbons (Fsp3) is 0.636. The Morgan fingerprint density at radius 1 is 1.21 bits per heavy atom. The summed E-state index contributed by atoms with van der Waals surface area (Å²) in [6, 6.07) is 4.27. The molecule has 0 unspecified atom stereocenters. The predicted molar refractivity (Wildman–Crippen MR) is 107 cm³/mol. The van der Waals surface area contributed by atoms with E-state index in [1.807, 2.05) is 28.9 Å². The molecule has 1 amide bonds. The molecule has 6 heteroatoms. The second-order valence-corrected chi connectivity index (χ2v) is 9.16. The van der Waals surface area contributed by atoms with Gasteiger partial charge in [-0.25, -0.2) is 4.98 Å². The molecule has 0 radical (unpaired) electrons. The number of likely N-dealkylation sites (N-methyl/N-ethyl adjacent to an activating group) is 1. The highest BCUT2D eigenvalue weighted by molar-refractivity contribution is 5.94. The Balaban J connectivity index is 1.28. The maximum Gasteiger partial charge on any atom is 0.255 e. The predicted octanol–water partition coefficient (Wildman–Crippen LogP) is 2.54. The van der Waals surface area contributed by atoms with Gasteiger partial charge in [0.15, 0.2) is 0 Å². The van der Waals surface area contributed by atoms with Crippen LogP contribution in [0.4, 0.5) is 0 Å². The van der Waals surface area contributed by atoms with Gasteiger partial charge >= 0.3 is 0 Å². The Labute approximate surface area is 166 Å². The number of carbonyl (C=O) groups is 1. The first-order valence-electron chi connectivity index (χ1n) is 10.6. The normalized spacial score (nSPS) is 30.2. The molecule has 2 aliphatic carbocycles. The quantitative estimate of drug-likeness (QED) is 0.797. The van der Waals surface area contributed by atoms with Gasteiger partial charge in [-0.1, -0.05) is 0 Å². The molecule has 6 nitrogen and oxygen atoms in total. The summed E-state index contributed by atoms with van der Waals surface area (Å²) in [7, 11) is 4.33. The lowest BCUT2D eigenvalue weighted by atomic mass is 9.77. The number of amides is 1.